The molecule has 0 bridgehead atoms. The molecule has 39 heavy (non-hydrogen) atoms. The van der Waals surface area contributed by atoms with Crippen LogP contribution in [0.5, 0.6) is 11.5 Å². The quantitative estimate of drug-likeness (QED) is 0.358. The second-order valence-electron chi connectivity index (χ2n) is 9.80. The summed E-state index contributed by atoms with van der Waals surface area (Å²) in [5.41, 5.74) is 2.23. The van der Waals surface area contributed by atoms with Crippen LogP contribution in [0.1, 0.15) is 36.5 Å². The number of nitrogens with zero attached hydrogens (tertiary/aromatic N) is 1. The Morgan fingerprint density at radius 1 is 1.21 bits per heavy atom. The van der Waals surface area contributed by atoms with E-state index in [9.17, 15) is 29.3 Å². The van der Waals surface area contributed by atoms with Crippen molar-refractivity contribution in [1.82, 2.24) is 10.2 Å². The molecule has 1 aliphatic heterocycles. The number of methoxy groups -OCH3 is 1. The highest BCUT2D eigenvalue weighted by Crippen LogP contribution is 2.51. The third kappa shape index (κ3) is 5.68. The van der Waals surface area contributed by atoms with Crippen LogP contribution in [0.3, 0.4) is 0 Å². The topological polar surface area (TPSA) is 129 Å². The van der Waals surface area contributed by atoms with Gasteiger partial charge in [-0.2, -0.15) is 0 Å². The number of amides is 2. The average molecular weight is 541 g/mol. The van der Waals surface area contributed by atoms with Crippen LogP contribution in [0.2, 0.25) is 0 Å². The lowest BCUT2D eigenvalue weighted by Gasteiger charge is -2.40. The minimum absolute atomic E-state index is 0.00979. The molecular formula is C29H33FN2O7. The SMILES string of the molecule is COc1cc(CO)cc2c1O[C@@H]1[C@@H](O)[C@H](N(Cc3ccccc3F)C(=O)C=C(C)C)C=C(C(=O)NCCO)[C@H]21. The van der Waals surface area contributed by atoms with Crippen molar-refractivity contribution in [3.8, 4) is 11.5 Å². The predicted octanol–water partition coefficient (Wildman–Crippen LogP) is 1.94. The van der Waals surface area contributed by atoms with E-state index in [0.717, 1.165) is 0 Å². The van der Waals surface area contributed by atoms with E-state index in [-0.39, 0.29) is 37.4 Å². The Balaban J connectivity index is 1.85. The first-order chi connectivity index (χ1) is 18.7. The summed E-state index contributed by atoms with van der Waals surface area (Å²) in [5.74, 6) is -1.59. The molecule has 2 aromatic carbocycles. The van der Waals surface area contributed by atoms with E-state index in [0.29, 0.717) is 28.2 Å². The van der Waals surface area contributed by atoms with Crippen molar-refractivity contribution < 1.29 is 38.8 Å². The third-order valence-corrected chi connectivity index (χ3v) is 6.85. The third-order valence-electron chi connectivity index (χ3n) is 6.85. The summed E-state index contributed by atoms with van der Waals surface area (Å²) >= 11 is 0. The van der Waals surface area contributed by atoms with Gasteiger partial charge in [0.25, 0.3) is 0 Å². The average Bonchev–Trinajstić information content (AvgIpc) is 3.31. The van der Waals surface area contributed by atoms with Crippen molar-refractivity contribution in [3.63, 3.8) is 0 Å². The van der Waals surface area contributed by atoms with E-state index >= 15 is 0 Å². The number of rotatable bonds is 9. The van der Waals surface area contributed by atoms with E-state index < -0.39 is 41.8 Å². The van der Waals surface area contributed by atoms with Crippen LogP contribution in [0.4, 0.5) is 4.39 Å². The van der Waals surface area contributed by atoms with Gasteiger partial charge in [-0.3, -0.25) is 9.59 Å². The Hall–Kier alpha value is -3.73. The summed E-state index contributed by atoms with van der Waals surface area (Å²) in [7, 11) is 1.44. The van der Waals surface area contributed by atoms with Crippen LogP contribution < -0.4 is 14.8 Å². The molecule has 208 valence electrons. The molecule has 2 aliphatic rings. The van der Waals surface area contributed by atoms with Crippen LogP contribution in [0, 0.1) is 5.82 Å². The number of carbonyl (C=O) groups excluding carboxylic acids is 2. The van der Waals surface area contributed by atoms with E-state index in [2.05, 4.69) is 5.32 Å². The van der Waals surface area contributed by atoms with Crippen LogP contribution in [-0.2, 0) is 22.7 Å². The van der Waals surface area contributed by atoms with Gasteiger partial charge in [0.15, 0.2) is 11.5 Å². The fraction of sp³-hybridized carbons (Fsp3) is 0.379. The van der Waals surface area contributed by atoms with Gasteiger partial charge in [0.05, 0.1) is 32.3 Å². The highest BCUT2D eigenvalue weighted by molar-refractivity contribution is 5.96. The van der Waals surface area contributed by atoms with Crippen LogP contribution >= 0.6 is 0 Å². The molecule has 0 saturated heterocycles. The normalized spacial score (nSPS) is 21.2. The van der Waals surface area contributed by atoms with Gasteiger partial charge in [-0.05, 0) is 43.7 Å². The summed E-state index contributed by atoms with van der Waals surface area (Å²) in [5, 5.41) is 33.4. The monoisotopic (exact) mass is 540 g/mol. The molecule has 10 heteroatoms. The number of nitrogens with one attached hydrogen (secondary N) is 1. The van der Waals surface area contributed by atoms with Gasteiger partial charge in [0.2, 0.25) is 11.8 Å². The molecule has 0 unspecified atom stereocenters. The van der Waals surface area contributed by atoms with Gasteiger partial charge < -0.3 is 35.0 Å². The number of allylic oxidation sites excluding steroid dienone is 1. The number of ether oxygens (including phenoxy) is 2. The molecule has 2 amide bonds. The zero-order valence-electron chi connectivity index (χ0n) is 22.1. The first-order valence-corrected chi connectivity index (χ1v) is 12.7. The van der Waals surface area contributed by atoms with Gasteiger partial charge >= 0.3 is 0 Å². The molecule has 0 fully saturated rings. The van der Waals surface area contributed by atoms with E-state index in [1.165, 1.54) is 30.2 Å². The maximum Gasteiger partial charge on any atom is 0.247 e. The summed E-state index contributed by atoms with van der Waals surface area (Å²) in [6, 6.07) is 8.28. The maximum absolute atomic E-state index is 14.7. The molecule has 0 saturated carbocycles. The molecule has 4 N–H and O–H groups in total. The fourth-order valence-corrected chi connectivity index (χ4v) is 5.09. The largest absolute Gasteiger partial charge is 0.493 e. The summed E-state index contributed by atoms with van der Waals surface area (Å²) in [4.78, 5) is 28.1. The zero-order valence-corrected chi connectivity index (χ0v) is 22.1. The van der Waals surface area contributed by atoms with E-state index in [1.54, 1.807) is 44.2 Å². The molecule has 0 spiro atoms. The first-order valence-electron chi connectivity index (χ1n) is 12.7. The van der Waals surface area contributed by atoms with Gasteiger partial charge in [0.1, 0.15) is 18.0 Å². The van der Waals surface area contributed by atoms with E-state index in [1.807, 2.05) is 0 Å². The molecule has 1 aliphatic carbocycles. The van der Waals surface area contributed by atoms with Crippen LogP contribution in [0.15, 0.2) is 59.7 Å². The number of aliphatic hydroxyl groups excluding tert-OH is 3. The van der Waals surface area contributed by atoms with Gasteiger partial charge in [-0.1, -0.05) is 23.8 Å². The number of hydrogen-bond acceptors (Lipinski definition) is 7. The molecule has 4 atom stereocenters. The molecule has 1 heterocycles. The number of benzene rings is 2. The lowest BCUT2D eigenvalue weighted by molar-refractivity contribution is -0.133. The zero-order chi connectivity index (χ0) is 28.3. The summed E-state index contributed by atoms with van der Waals surface area (Å²) in [6.07, 6.45) is 0.600. The summed E-state index contributed by atoms with van der Waals surface area (Å²) < 4.78 is 26.3. The number of fused-ring (bicyclic) bond motifs is 3. The highest BCUT2D eigenvalue weighted by Gasteiger charge is 2.51. The van der Waals surface area contributed by atoms with Crippen molar-refractivity contribution in [1.29, 1.82) is 0 Å². The Morgan fingerprint density at radius 2 is 1.95 bits per heavy atom. The lowest BCUT2D eigenvalue weighted by Crippen LogP contribution is -2.55. The van der Waals surface area contributed by atoms with Crippen molar-refractivity contribution >= 4 is 11.8 Å². The van der Waals surface area contributed by atoms with Crippen molar-refractivity contribution in [3.05, 3.63) is 82.2 Å². The highest BCUT2D eigenvalue weighted by atomic mass is 19.1. The summed E-state index contributed by atoms with van der Waals surface area (Å²) in [6.45, 7) is 2.75. The standard InChI is InChI=1S/C29H33FN2O7/c1-16(2)10-24(35)32(14-18-6-4-5-7-21(18)30)22-13-20(29(37)31-8-9-33)25-19-11-17(15-34)12-23(38-3)27(19)39-28(25)26(22)36/h4-7,10-13,22,25-26,28,33-34,36H,8-9,14-15H2,1-3H3,(H,31,37)/t22-,25+,26+,28+/m1/s1. The smallest absolute Gasteiger partial charge is 0.247 e. The number of aliphatic hydroxyl groups is 3. The first kappa shape index (κ1) is 28.3. The number of carbonyl (C=O) groups is 2. The van der Waals surface area contributed by atoms with Crippen molar-refractivity contribution in [2.24, 2.45) is 0 Å². The van der Waals surface area contributed by atoms with Crippen molar-refractivity contribution in [2.75, 3.05) is 20.3 Å². The minimum atomic E-state index is -1.31. The number of hydrogen-bond donors (Lipinski definition) is 4. The Morgan fingerprint density at radius 3 is 2.59 bits per heavy atom. The molecule has 0 aromatic heterocycles. The second kappa shape index (κ2) is 12.0. The minimum Gasteiger partial charge on any atom is -0.493 e. The van der Waals surface area contributed by atoms with Gasteiger partial charge in [0, 0.05) is 35.9 Å². The van der Waals surface area contributed by atoms with Crippen LogP contribution in [-0.4, -0.2) is 70.5 Å². The Labute approximate surface area is 226 Å². The van der Waals surface area contributed by atoms with Crippen molar-refractivity contribution in [2.45, 2.75) is 51.2 Å². The second-order valence-corrected chi connectivity index (χ2v) is 9.80. The van der Waals surface area contributed by atoms with Gasteiger partial charge in [-0.15, -0.1) is 0 Å². The lowest BCUT2D eigenvalue weighted by atomic mass is 9.77. The predicted molar refractivity (Wildman–Crippen MR) is 140 cm³/mol. The molecule has 0 radical (unpaired) electrons. The Kier molecular flexibility index (Phi) is 8.69. The Bertz CT molecular complexity index is 1300. The van der Waals surface area contributed by atoms with Gasteiger partial charge in [-0.25, -0.2) is 4.39 Å². The molecule has 9 nitrogen and oxygen atoms in total. The molecular weight excluding hydrogens is 507 g/mol. The fourth-order valence-electron chi connectivity index (χ4n) is 5.09. The molecule has 2 aromatic rings. The van der Waals surface area contributed by atoms with E-state index in [4.69, 9.17) is 9.47 Å². The number of halogens is 1. The van der Waals surface area contributed by atoms with Crippen LogP contribution in [0.25, 0.3) is 0 Å². The maximum atomic E-state index is 14.7. The molecule has 4 rings (SSSR count).